The third kappa shape index (κ3) is 3.95. The van der Waals surface area contributed by atoms with Crippen molar-refractivity contribution in [2.75, 3.05) is 13.2 Å². The van der Waals surface area contributed by atoms with Crippen LogP contribution in [-0.4, -0.2) is 53.8 Å². The standard InChI is InChI=1S/C16H19ClO6/c17-9-2-1-3-11(4-9)21-7-10(18)8-22-16-12-5-15(20)23-14(12)6-13(16)19/h1-4,10,12-14,16,18-19H,5-8H2. The number of carbonyl (C=O) groups is 1. The van der Waals surface area contributed by atoms with Crippen LogP contribution in [0.3, 0.4) is 0 Å². The Morgan fingerprint density at radius 2 is 2.22 bits per heavy atom. The Labute approximate surface area is 138 Å². The van der Waals surface area contributed by atoms with E-state index in [0.29, 0.717) is 17.2 Å². The van der Waals surface area contributed by atoms with E-state index in [2.05, 4.69) is 0 Å². The SMILES string of the molecule is O=C1CC2C(CC(O)C2OCC(O)COc2cccc(Cl)c2)O1. The van der Waals surface area contributed by atoms with E-state index in [-0.39, 0.29) is 37.6 Å². The molecule has 1 aliphatic carbocycles. The maximum Gasteiger partial charge on any atom is 0.306 e. The van der Waals surface area contributed by atoms with Crippen molar-refractivity contribution in [1.82, 2.24) is 0 Å². The van der Waals surface area contributed by atoms with Crippen molar-refractivity contribution in [3.05, 3.63) is 29.3 Å². The first-order chi connectivity index (χ1) is 11.0. The molecule has 1 heterocycles. The Hall–Kier alpha value is -1.34. The molecule has 7 heteroatoms. The van der Waals surface area contributed by atoms with Gasteiger partial charge in [0.15, 0.2) is 0 Å². The van der Waals surface area contributed by atoms with Gasteiger partial charge >= 0.3 is 5.97 Å². The molecule has 0 aromatic heterocycles. The second kappa shape index (κ2) is 7.05. The number of aliphatic hydroxyl groups excluding tert-OH is 2. The maximum absolute atomic E-state index is 11.3. The van der Waals surface area contributed by atoms with Gasteiger partial charge < -0.3 is 24.4 Å². The van der Waals surface area contributed by atoms with Crippen molar-refractivity contribution in [2.45, 2.75) is 37.3 Å². The van der Waals surface area contributed by atoms with Crippen LogP contribution in [0, 0.1) is 5.92 Å². The first-order valence-corrected chi connectivity index (χ1v) is 7.96. The summed E-state index contributed by atoms with van der Waals surface area (Å²) in [4.78, 5) is 11.3. The summed E-state index contributed by atoms with van der Waals surface area (Å²) >= 11 is 5.85. The fraction of sp³-hybridized carbons (Fsp3) is 0.562. The van der Waals surface area contributed by atoms with Crippen LogP contribution in [0.1, 0.15) is 12.8 Å². The summed E-state index contributed by atoms with van der Waals surface area (Å²) in [7, 11) is 0. The van der Waals surface area contributed by atoms with E-state index in [0.717, 1.165) is 0 Å². The normalized spacial score (nSPS) is 30.8. The highest BCUT2D eigenvalue weighted by Crippen LogP contribution is 2.38. The number of esters is 1. The summed E-state index contributed by atoms with van der Waals surface area (Å²) in [6.07, 6.45) is -1.66. The number of aliphatic hydroxyl groups is 2. The number of halogens is 1. The monoisotopic (exact) mass is 342 g/mol. The highest BCUT2D eigenvalue weighted by Gasteiger charge is 2.50. The topological polar surface area (TPSA) is 85.2 Å². The van der Waals surface area contributed by atoms with E-state index in [4.69, 9.17) is 25.8 Å². The van der Waals surface area contributed by atoms with Crippen molar-refractivity contribution in [3.8, 4) is 5.75 Å². The number of benzene rings is 1. The average Bonchev–Trinajstić information content (AvgIpc) is 2.98. The molecule has 1 aromatic carbocycles. The molecule has 1 aromatic rings. The van der Waals surface area contributed by atoms with E-state index < -0.39 is 18.3 Å². The summed E-state index contributed by atoms with van der Waals surface area (Å²) < 4.78 is 16.2. The fourth-order valence-electron chi connectivity index (χ4n) is 3.09. The lowest BCUT2D eigenvalue weighted by molar-refractivity contribution is -0.142. The molecule has 126 valence electrons. The predicted octanol–water partition coefficient (Wildman–Crippen LogP) is 1.16. The van der Waals surface area contributed by atoms with Crippen molar-refractivity contribution in [1.29, 1.82) is 0 Å². The predicted molar refractivity (Wildman–Crippen MR) is 81.3 cm³/mol. The molecule has 0 bridgehead atoms. The van der Waals surface area contributed by atoms with Crippen LogP contribution in [-0.2, 0) is 14.3 Å². The smallest absolute Gasteiger partial charge is 0.306 e. The Morgan fingerprint density at radius 1 is 1.39 bits per heavy atom. The quantitative estimate of drug-likeness (QED) is 0.755. The van der Waals surface area contributed by atoms with Crippen molar-refractivity contribution in [3.63, 3.8) is 0 Å². The molecular formula is C16H19ClO6. The molecule has 6 nitrogen and oxygen atoms in total. The molecule has 0 amide bonds. The van der Waals surface area contributed by atoms with Crippen molar-refractivity contribution < 1.29 is 29.2 Å². The zero-order chi connectivity index (χ0) is 16.4. The second-order valence-electron chi connectivity index (χ2n) is 5.92. The third-order valence-electron chi connectivity index (χ3n) is 4.16. The molecule has 23 heavy (non-hydrogen) atoms. The molecule has 5 atom stereocenters. The third-order valence-corrected chi connectivity index (χ3v) is 4.39. The first kappa shape index (κ1) is 16.5. The molecule has 0 radical (unpaired) electrons. The minimum absolute atomic E-state index is 0.0136. The van der Waals surface area contributed by atoms with E-state index in [1.165, 1.54) is 0 Å². The number of hydrogen-bond donors (Lipinski definition) is 2. The summed E-state index contributed by atoms with van der Waals surface area (Å²) in [6, 6.07) is 6.89. The number of hydrogen-bond acceptors (Lipinski definition) is 6. The van der Waals surface area contributed by atoms with Gasteiger partial charge in [-0.1, -0.05) is 17.7 Å². The summed E-state index contributed by atoms with van der Waals surface area (Å²) in [5.74, 6) is 0.163. The van der Waals surface area contributed by atoms with Crippen LogP contribution >= 0.6 is 11.6 Å². The zero-order valence-electron chi connectivity index (χ0n) is 12.4. The van der Waals surface area contributed by atoms with Gasteiger partial charge in [-0.05, 0) is 18.2 Å². The molecule has 2 N–H and O–H groups in total. The molecule has 5 unspecified atom stereocenters. The van der Waals surface area contributed by atoms with Gasteiger partial charge in [0.25, 0.3) is 0 Å². The molecule has 0 spiro atoms. The van der Waals surface area contributed by atoms with Crippen molar-refractivity contribution >= 4 is 17.6 Å². The average molecular weight is 343 g/mol. The Balaban J connectivity index is 1.45. The Morgan fingerprint density at radius 3 is 3.00 bits per heavy atom. The summed E-state index contributed by atoms with van der Waals surface area (Å²) in [6.45, 7) is 0.0619. The maximum atomic E-state index is 11.3. The van der Waals surface area contributed by atoms with Crippen LogP contribution in [0.15, 0.2) is 24.3 Å². The van der Waals surface area contributed by atoms with Crippen LogP contribution < -0.4 is 4.74 Å². The van der Waals surface area contributed by atoms with Gasteiger partial charge in [0, 0.05) is 17.4 Å². The van der Waals surface area contributed by atoms with Gasteiger partial charge in [-0.3, -0.25) is 4.79 Å². The van der Waals surface area contributed by atoms with Gasteiger partial charge in [0.05, 0.1) is 25.2 Å². The van der Waals surface area contributed by atoms with E-state index in [1.54, 1.807) is 24.3 Å². The van der Waals surface area contributed by atoms with Crippen LogP contribution in [0.5, 0.6) is 5.75 Å². The first-order valence-electron chi connectivity index (χ1n) is 7.58. The van der Waals surface area contributed by atoms with Gasteiger partial charge in [0.1, 0.15) is 24.6 Å². The Kier molecular flexibility index (Phi) is 5.06. The highest BCUT2D eigenvalue weighted by atomic mass is 35.5. The van der Waals surface area contributed by atoms with Gasteiger partial charge in [-0.2, -0.15) is 0 Å². The van der Waals surface area contributed by atoms with E-state index >= 15 is 0 Å². The molecule has 2 aliphatic rings. The minimum Gasteiger partial charge on any atom is -0.491 e. The number of ether oxygens (including phenoxy) is 3. The van der Waals surface area contributed by atoms with Crippen LogP contribution in [0.25, 0.3) is 0 Å². The van der Waals surface area contributed by atoms with Gasteiger partial charge in [0.2, 0.25) is 0 Å². The Bertz CT molecular complexity index is 565. The summed E-state index contributed by atoms with van der Waals surface area (Å²) in [5.41, 5.74) is 0. The lowest BCUT2D eigenvalue weighted by Gasteiger charge is -2.22. The van der Waals surface area contributed by atoms with Crippen LogP contribution in [0.4, 0.5) is 0 Å². The molecular weight excluding hydrogens is 324 g/mol. The number of rotatable bonds is 6. The number of fused-ring (bicyclic) bond motifs is 1. The van der Waals surface area contributed by atoms with E-state index in [1.807, 2.05) is 0 Å². The molecule has 3 rings (SSSR count). The van der Waals surface area contributed by atoms with Gasteiger partial charge in [-0.25, -0.2) is 0 Å². The second-order valence-corrected chi connectivity index (χ2v) is 6.36. The minimum atomic E-state index is -0.849. The lowest BCUT2D eigenvalue weighted by Crippen LogP contribution is -2.34. The highest BCUT2D eigenvalue weighted by molar-refractivity contribution is 6.30. The fourth-order valence-corrected chi connectivity index (χ4v) is 3.27. The molecule has 1 saturated carbocycles. The zero-order valence-corrected chi connectivity index (χ0v) is 13.2. The molecule has 2 fully saturated rings. The summed E-state index contributed by atoms with van der Waals surface area (Å²) in [5, 5.41) is 20.5. The largest absolute Gasteiger partial charge is 0.491 e. The number of carbonyl (C=O) groups excluding carboxylic acids is 1. The van der Waals surface area contributed by atoms with Gasteiger partial charge in [-0.15, -0.1) is 0 Å². The van der Waals surface area contributed by atoms with Crippen molar-refractivity contribution in [2.24, 2.45) is 5.92 Å². The van der Waals surface area contributed by atoms with E-state index in [9.17, 15) is 15.0 Å². The van der Waals surface area contributed by atoms with Crippen LogP contribution in [0.2, 0.25) is 5.02 Å². The lowest BCUT2D eigenvalue weighted by atomic mass is 10.0. The molecule has 1 aliphatic heterocycles. The molecule has 1 saturated heterocycles.